The molecule has 2 rings (SSSR count). The Balaban J connectivity index is 1.92. The molecule has 2 fully saturated rings. The number of rotatable bonds is 5. The molecule has 1 saturated carbocycles. The molecule has 15 heavy (non-hydrogen) atoms. The maximum absolute atomic E-state index is 11.6. The van der Waals surface area contributed by atoms with Crippen LogP contribution in [0.25, 0.3) is 0 Å². The van der Waals surface area contributed by atoms with E-state index < -0.39 is 10.0 Å². The van der Waals surface area contributed by atoms with Gasteiger partial charge in [0.15, 0.2) is 0 Å². The summed E-state index contributed by atoms with van der Waals surface area (Å²) in [7, 11) is -3.08. The first-order valence-corrected chi connectivity index (χ1v) is 7.39. The van der Waals surface area contributed by atoms with Gasteiger partial charge in [-0.1, -0.05) is 6.92 Å². The van der Waals surface area contributed by atoms with Crippen molar-refractivity contribution in [3.05, 3.63) is 0 Å². The first kappa shape index (κ1) is 11.4. The minimum absolute atomic E-state index is 0.0223. The summed E-state index contributed by atoms with van der Waals surface area (Å²) in [6, 6.07) is 0.0223. The van der Waals surface area contributed by atoms with Crippen molar-refractivity contribution in [2.24, 2.45) is 5.92 Å². The van der Waals surface area contributed by atoms with E-state index in [0.717, 1.165) is 6.42 Å². The summed E-state index contributed by atoms with van der Waals surface area (Å²) in [4.78, 5) is 0. The summed E-state index contributed by atoms with van der Waals surface area (Å²) in [5.74, 6) is 0.822. The van der Waals surface area contributed by atoms with Crippen LogP contribution in [0.1, 0.15) is 32.6 Å². The zero-order chi connectivity index (χ0) is 10.9. The molecule has 0 radical (unpaired) electrons. The minimum atomic E-state index is -3.08. The van der Waals surface area contributed by atoms with Gasteiger partial charge in [-0.3, -0.25) is 0 Å². The molecule has 1 aliphatic carbocycles. The Morgan fingerprint density at radius 3 is 2.67 bits per heavy atom. The zero-order valence-corrected chi connectivity index (χ0v) is 9.92. The highest BCUT2D eigenvalue weighted by Crippen LogP contribution is 2.38. The first-order chi connectivity index (χ1) is 7.12. The van der Waals surface area contributed by atoms with Crippen molar-refractivity contribution in [3.63, 3.8) is 0 Å². The van der Waals surface area contributed by atoms with E-state index in [0.29, 0.717) is 18.9 Å². The van der Waals surface area contributed by atoms with Crippen LogP contribution in [0.15, 0.2) is 0 Å². The molecular formula is C10H19NO3S. The van der Waals surface area contributed by atoms with Gasteiger partial charge >= 0.3 is 0 Å². The SMILES string of the molecule is CCCS(=O)(=O)NC1CCOC1C1CC1. The van der Waals surface area contributed by atoms with Gasteiger partial charge < -0.3 is 4.74 Å². The summed E-state index contributed by atoms with van der Waals surface area (Å²) in [6.45, 7) is 2.57. The van der Waals surface area contributed by atoms with Gasteiger partial charge in [0, 0.05) is 6.61 Å². The van der Waals surface area contributed by atoms with Crippen molar-refractivity contribution >= 4 is 10.0 Å². The topological polar surface area (TPSA) is 55.4 Å². The Kier molecular flexibility index (Phi) is 3.33. The van der Waals surface area contributed by atoms with E-state index in [1.807, 2.05) is 6.92 Å². The Hall–Kier alpha value is -0.130. The van der Waals surface area contributed by atoms with E-state index in [1.165, 1.54) is 12.8 Å². The van der Waals surface area contributed by atoms with Crippen LogP contribution in [0, 0.1) is 5.92 Å². The molecule has 2 atom stereocenters. The molecule has 4 nitrogen and oxygen atoms in total. The standard InChI is InChI=1S/C10H19NO3S/c1-2-7-15(12,13)11-9-5-6-14-10(9)8-3-4-8/h8-11H,2-7H2,1H3. The number of hydrogen-bond acceptors (Lipinski definition) is 3. The fourth-order valence-corrected chi connectivity index (χ4v) is 3.55. The van der Waals surface area contributed by atoms with Crippen molar-refractivity contribution in [3.8, 4) is 0 Å². The van der Waals surface area contributed by atoms with Crippen LogP contribution < -0.4 is 4.72 Å². The van der Waals surface area contributed by atoms with Crippen molar-refractivity contribution < 1.29 is 13.2 Å². The van der Waals surface area contributed by atoms with Crippen LogP contribution in [0.3, 0.4) is 0 Å². The highest BCUT2D eigenvalue weighted by molar-refractivity contribution is 7.89. The minimum Gasteiger partial charge on any atom is -0.376 e. The fourth-order valence-electron chi connectivity index (χ4n) is 2.19. The van der Waals surface area contributed by atoms with E-state index in [9.17, 15) is 8.42 Å². The molecule has 0 aromatic heterocycles. The van der Waals surface area contributed by atoms with Gasteiger partial charge in [-0.2, -0.15) is 0 Å². The van der Waals surface area contributed by atoms with Crippen LogP contribution >= 0.6 is 0 Å². The maximum Gasteiger partial charge on any atom is 0.211 e. The molecule has 0 spiro atoms. The smallest absolute Gasteiger partial charge is 0.211 e. The molecule has 0 aromatic rings. The van der Waals surface area contributed by atoms with Gasteiger partial charge in [0.25, 0.3) is 0 Å². The van der Waals surface area contributed by atoms with Crippen molar-refractivity contribution in [2.45, 2.75) is 44.8 Å². The maximum atomic E-state index is 11.6. The lowest BCUT2D eigenvalue weighted by Gasteiger charge is -2.19. The van der Waals surface area contributed by atoms with E-state index in [-0.39, 0.29) is 17.9 Å². The van der Waals surface area contributed by atoms with Crippen LogP contribution in [0.4, 0.5) is 0 Å². The Labute approximate surface area is 91.4 Å². The second kappa shape index (κ2) is 4.39. The second-order valence-electron chi connectivity index (χ2n) is 4.50. The fraction of sp³-hybridized carbons (Fsp3) is 1.00. The predicted octanol–water partition coefficient (Wildman–Crippen LogP) is 0.883. The third-order valence-electron chi connectivity index (χ3n) is 3.03. The Morgan fingerprint density at radius 1 is 1.33 bits per heavy atom. The second-order valence-corrected chi connectivity index (χ2v) is 6.38. The van der Waals surface area contributed by atoms with Gasteiger partial charge in [-0.05, 0) is 31.6 Å². The molecule has 1 aliphatic heterocycles. The third-order valence-corrected chi connectivity index (χ3v) is 4.63. The van der Waals surface area contributed by atoms with Gasteiger partial charge in [-0.15, -0.1) is 0 Å². The van der Waals surface area contributed by atoms with Gasteiger partial charge in [0.2, 0.25) is 10.0 Å². The van der Waals surface area contributed by atoms with Gasteiger partial charge in [0.05, 0.1) is 17.9 Å². The highest BCUT2D eigenvalue weighted by atomic mass is 32.2. The predicted molar refractivity (Wildman–Crippen MR) is 58.1 cm³/mol. The lowest BCUT2D eigenvalue weighted by Crippen LogP contribution is -2.42. The molecule has 1 N–H and O–H groups in total. The Bertz CT molecular complexity index is 311. The molecular weight excluding hydrogens is 214 g/mol. The molecule has 0 aromatic carbocycles. The van der Waals surface area contributed by atoms with Crippen LogP contribution in [-0.4, -0.2) is 32.9 Å². The summed E-state index contributed by atoms with van der Waals surface area (Å²) in [6.07, 6.45) is 4.01. The van der Waals surface area contributed by atoms with E-state index in [1.54, 1.807) is 0 Å². The van der Waals surface area contributed by atoms with Crippen LogP contribution in [0.5, 0.6) is 0 Å². The average molecular weight is 233 g/mol. The Morgan fingerprint density at radius 2 is 2.07 bits per heavy atom. The summed E-state index contributed by atoms with van der Waals surface area (Å²) < 4.78 is 31.6. The van der Waals surface area contributed by atoms with Crippen molar-refractivity contribution in [2.75, 3.05) is 12.4 Å². The number of hydrogen-bond donors (Lipinski definition) is 1. The molecule has 2 aliphatic rings. The first-order valence-electron chi connectivity index (χ1n) is 5.74. The number of sulfonamides is 1. The normalized spacial score (nSPS) is 32.1. The van der Waals surface area contributed by atoms with Crippen LogP contribution in [-0.2, 0) is 14.8 Å². The quantitative estimate of drug-likeness (QED) is 0.767. The highest BCUT2D eigenvalue weighted by Gasteiger charge is 2.41. The molecule has 0 bridgehead atoms. The monoisotopic (exact) mass is 233 g/mol. The summed E-state index contributed by atoms with van der Waals surface area (Å²) in [5.41, 5.74) is 0. The molecule has 88 valence electrons. The van der Waals surface area contributed by atoms with Gasteiger partial charge in [-0.25, -0.2) is 13.1 Å². The summed E-state index contributed by atoms with van der Waals surface area (Å²) in [5, 5.41) is 0. The van der Waals surface area contributed by atoms with E-state index in [2.05, 4.69) is 4.72 Å². The van der Waals surface area contributed by atoms with Gasteiger partial charge in [0.1, 0.15) is 0 Å². The van der Waals surface area contributed by atoms with Crippen LogP contribution in [0.2, 0.25) is 0 Å². The molecule has 2 unspecified atom stereocenters. The molecule has 5 heteroatoms. The zero-order valence-electron chi connectivity index (χ0n) is 9.11. The molecule has 1 saturated heterocycles. The van der Waals surface area contributed by atoms with Crippen molar-refractivity contribution in [1.29, 1.82) is 0 Å². The lowest BCUT2D eigenvalue weighted by atomic mass is 10.1. The number of nitrogens with one attached hydrogen (secondary N) is 1. The lowest BCUT2D eigenvalue weighted by molar-refractivity contribution is 0.0848. The van der Waals surface area contributed by atoms with Crippen molar-refractivity contribution in [1.82, 2.24) is 4.72 Å². The molecule has 0 amide bonds. The van der Waals surface area contributed by atoms with E-state index >= 15 is 0 Å². The molecule has 1 heterocycles. The average Bonchev–Trinajstić information content (AvgIpc) is 2.88. The largest absolute Gasteiger partial charge is 0.376 e. The number of ether oxygens (including phenoxy) is 1. The third kappa shape index (κ3) is 2.92. The van der Waals surface area contributed by atoms with E-state index in [4.69, 9.17) is 4.74 Å². The summed E-state index contributed by atoms with van der Waals surface area (Å²) >= 11 is 0.